The van der Waals surface area contributed by atoms with E-state index in [2.05, 4.69) is 25.2 Å². The van der Waals surface area contributed by atoms with Crippen LogP contribution < -0.4 is 10.9 Å². The van der Waals surface area contributed by atoms with Gasteiger partial charge >= 0.3 is 0 Å². The Morgan fingerprint density at radius 1 is 1.35 bits per heavy atom. The third kappa shape index (κ3) is 2.76. The van der Waals surface area contributed by atoms with Gasteiger partial charge in [0.05, 0.1) is 5.69 Å². The molecular weight excluding hydrogens is 260 g/mol. The van der Waals surface area contributed by atoms with E-state index in [1.807, 2.05) is 13.8 Å². The van der Waals surface area contributed by atoms with Crippen LogP contribution in [-0.4, -0.2) is 21.3 Å². The average molecular weight is 276 g/mol. The van der Waals surface area contributed by atoms with Crippen molar-refractivity contribution >= 4 is 5.91 Å². The van der Waals surface area contributed by atoms with Crippen LogP contribution in [0.3, 0.4) is 0 Å². The summed E-state index contributed by atoms with van der Waals surface area (Å²) < 4.78 is 4.60. The number of rotatable bonds is 5. The normalized spacial score (nSPS) is 10.5. The predicted molar refractivity (Wildman–Crippen MR) is 71.3 cm³/mol. The van der Waals surface area contributed by atoms with Gasteiger partial charge in [-0.05, 0) is 18.4 Å². The minimum absolute atomic E-state index is 0.139. The van der Waals surface area contributed by atoms with Crippen LogP contribution in [0, 0.1) is 0 Å². The van der Waals surface area contributed by atoms with E-state index in [1.54, 1.807) is 0 Å². The quantitative estimate of drug-likeness (QED) is 0.841. The van der Waals surface area contributed by atoms with Gasteiger partial charge in [-0.1, -0.05) is 19.0 Å². The second kappa shape index (κ2) is 6.14. The van der Waals surface area contributed by atoms with Crippen molar-refractivity contribution in [3.8, 4) is 0 Å². The van der Waals surface area contributed by atoms with Gasteiger partial charge in [-0.3, -0.25) is 9.59 Å². The second-order valence-electron chi connectivity index (χ2n) is 4.23. The lowest BCUT2D eigenvalue weighted by atomic mass is 10.0. The molecule has 20 heavy (non-hydrogen) atoms. The Morgan fingerprint density at radius 3 is 2.75 bits per heavy atom. The fourth-order valence-electron chi connectivity index (χ4n) is 2.05. The Labute approximate surface area is 115 Å². The monoisotopic (exact) mass is 276 g/mol. The third-order valence-electron chi connectivity index (χ3n) is 3.06. The molecule has 0 spiro atoms. The summed E-state index contributed by atoms with van der Waals surface area (Å²) in [7, 11) is 0. The van der Waals surface area contributed by atoms with Crippen molar-refractivity contribution in [2.24, 2.45) is 0 Å². The van der Waals surface area contributed by atoms with Crippen LogP contribution >= 0.6 is 0 Å². The van der Waals surface area contributed by atoms with Crippen molar-refractivity contribution in [1.29, 1.82) is 0 Å². The summed E-state index contributed by atoms with van der Waals surface area (Å²) in [4.78, 5) is 23.6. The van der Waals surface area contributed by atoms with Gasteiger partial charge in [0.25, 0.3) is 11.5 Å². The van der Waals surface area contributed by atoms with Crippen molar-refractivity contribution in [2.45, 2.75) is 33.2 Å². The minimum atomic E-state index is -0.380. The lowest BCUT2D eigenvalue weighted by Crippen LogP contribution is -2.29. The zero-order valence-corrected chi connectivity index (χ0v) is 11.4. The number of hydrogen-bond donors (Lipinski definition) is 2. The van der Waals surface area contributed by atoms with E-state index in [-0.39, 0.29) is 23.7 Å². The maximum absolute atomic E-state index is 11.9. The van der Waals surface area contributed by atoms with E-state index in [0.717, 1.165) is 17.7 Å². The highest BCUT2D eigenvalue weighted by Gasteiger charge is 2.14. The Morgan fingerprint density at radius 2 is 2.15 bits per heavy atom. The SMILES string of the molecule is CCc1n[nH]c(=O)c(CNC(=O)c2ccon2)c1CC. The summed E-state index contributed by atoms with van der Waals surface area (Å²) in [5.41, 5.74) is 2.18. The molecule has 2 aromatic rings. The summed E-state index contributed by atoms with van der Waals surface area (Å²) in [5.74, 6) is -0.380. The van der Waals surface area contributed by atoms with E-state index < -0.39 is 0 Å². The standard InChI is InChI=1S/C13H16N4O3/c1-3-8-9(12(18)16-15-10(8)4-2)7-14-13(19)11-5-6-20-17-11/h5-6H,3-4,7H2,1-2H3,(H,14,19)(H,16,18). The maximum atomic E-state index is 11.9. The molecule has 0 aliphatic heterocycles. The zero-order valence-electron chi connectivity index (χ0n) is 11.4. The van der Waals surface area contributed by atoms with Crippen molar-refractivity contribution in [2.75, 3.05) is 0 Å². The van der Waals surface area contributed by atoms with Gasteiger partial charge in [0.1, 0.15) is 6.26 Å². The van der Waals surface area contributed by atoms with Gasteiger partial charge in [0.2, 0.25) is 0 Å². The van der Waals surface area contributed by atoms with Gasteiger partial charge in [-0.2, -0.15) is 5.10 Å². The summed E-state index contributed by atoms with van der Waals surface area (Å²) in [6, 6.07) is 1.46. The summed E-state index contributed by atoms with van der Waals surface area (Å²) in [6.07, 6.45) is 2.74. The average Bonchev–Trinajstić information content (AvgIpc) is 2.99. The smallest absolute Gasteiger partial charge is 0.273 e. The Balaban J connectivity index is 2.21. The number of hydrogen-bond acceptors (Lipinski definition) is 5. The highest BCUT2D eigenvalue weighted by molar-refractivity contribution is 5.91. The molecule has 1 amide bonds. The molecule has 0 aliphatic rings. The molecule has 2 aromatic heterocycles. The molecule has 2 heterocycles. The number of amides is 1. The van der Waals surface area contributed by atoms with Gasteiger partial charge < -0.3 is 9.84 Å². The maximum Gasteiger partial charge on any atom is 0.273 e. The lowest BCUT2D eigenvalue weighted by molar-refractivity contribution is 0.0941. The topological polar surface area (TPSA) is 101 Å². The van der Waals surface area contributed by atoms with E-state index in [9.17, 15) is 9.59 Å². The first-order chi connectivity index (χ1) is 9.67. The largest absolute Gasteiger partial charge is 0.364 e. The fourth-order valence-corrected chi connectivity index (χ4v) is 2.05. The van der Waals surface area contributed by atoms with E-state index in [0.29, 0.717) is 12.0 Å². The van der Waals surface area contributed by atoms with Crippen LogP contribution in [-0.2, 0) is 19.4 Å². The van der Waals surface area contributed by atoms with Crippen LogP contribution in [0.15, 0.2) is 21.6 Å². The summed E-state index contributed by atoms with van der Waals surface area (Å²) in [6.45, 7) is 4.07. The molecule has 7 heteroatoms. The molecule has 0 saturated heterocycles. The van der Waals surface area contributed by atoms with Crippen LogP contribution in [0.25, 0.3) is 0 Å². The van der Waals surface area contributed by atoms with Crippen LogP contribution in [0.1, 0.15) is 41.2 Å². The summed E-state index contributed by atoms with van der Waals surface area (Å²) in [5, 5.41) is 12.7. The van der Waals surface area contributed by atoms with Gasteiger partial charge in [-0.15, -0.1) is 0 Å². The van der Waals surface area contributed by atoms with Crippen LogP contribution in [0.5, 0.6) is 0 Å². The molecule has 2 rings (SSSR count). The van der Waals surface area contributed by atoms with E-state index in [1.165, 1.54) is 12.3 Å². The highest BCUT2D eigenvalue weighted by atomic mass is 16.5. The molecule has 106 valence electrons. The molecule has 0 saturated carbocycles. The van der Waals surface area contributed by atoms with Gasteiger partial charge in [0, 0.05) is 18.2 Å². The minimum Gasteiger partial charge on any atom is -0.364 e. The molecule has 7 nitrogen and oxygen atoms in total. The Kier molecular flexibility index (Phi) is 4.29. The van der Waals surface area contributed by atoms with Gasteiger partial charge in [0.15, 0.2) is 5.69 Å². The zero-order chi connectivity index (χ0) is 14.5. The molecule has 0 atom stereocenters. The lowest BCUT2D eigenvalue weighted by Gasteiger charge is -2.10. The summed E-state index contributed by atoms with van der Waals surface area (Å²) >= 11 is 0. The Bertz CT molecular complexity index is 646. The predicted octanol–water partition coefficient (Wildman–Crippen LogP) is 0.813. The first kappa shape index (κ1) is 14.0. The number of nitrogens with one attached hydrogen (secondary N) is 2. The number of carbonyl (C=O) groups excluding carboxylic acids is 1. The van der Waals surface area contributed by atoms with Gasteiger partial charge in [-0.25, -0.2) is 5.10 Å². The van der Waals surface area contributed by atoms with Crippen LogP contribution in [0.4, 0.5) is 0 Å². The third-order valence-corrected chi connectivity index (χ3v) is 3.06. The number of aryl methyl sites for hydroxylation is 1. The number of aromatic amines is 1. The van der Waals surface area contributed by atoms with Crippen molar-refractivity contribution in [3.63, 3.8) is 0 Å². The van der Waals surface area contributed by atoms with E-state index in [4.69, 9.17) is 0 Å². The molecule has 0 unspecified atom stereocenters. The van der Waals surface area contributed by atoms with Crippen molar-refractivity contribution in [1.82, 2.24) is 20.7 Å². The number of nitrogens with zero attached hydrogens (tertiary/aromatic N) is 2. The van der Waals surface area contributed by atoms with Crippen molar-refractivity contribution in [3.05, 3.63) is 45.2 Å². The first-order valence-electron chi connectivity index (χ1n) is 6.45. The number of carbonyl (C=O) groups is 1. The van der Waals surface area contributed by atoms with E-state index >= 15 is 0 Å². The molecule has 0 bridgehead atoms. The molecule has 0 aromatic carbocycles. The molecule has 2 N–H and O–H groups in total. The van der Waals surface area contributed by atoms with Crippen LogP contribution in [0.2, 0.25) is 0 Å². The molecule has 0 fully saturated rings. The fraction of sp³-hybridized carbons (Fsp3) is 0.385. The first-order valence-corrected chi connectivity index (χ1v) is 6.45. The second-order valence-corrected chi connectivity index (χ2v) is 4.23. The highest BCUT2D eigenvalue weighted by Crippen LogP contribution is 2.10. The Hall–Kier alpha value is -2.44. The number of H-pyrrole nitrogens is 1. The molecule has 0 radical (unpaired) electrons. The molecular formula is C13H16N4O3. The van der Waals surface area contributed by atoms with Crippen molar-refractivity contribution < 1.29 is 9.32 Å². The molecule has 0 aliphatic carbocycles. The number of aromatic nitrogens is 3.